The molecule has 0 saturated carbocycles. The van der Waals surface area contributed by atoms with Crippen molar-refractivity contribution in [1.82, 2.24) is 24.8 Å². The highest BCUT2D eigenvalue weighted by Gasteiger charge is 2.20. The third-order valence-electron chi connectivity index (χ3n) is 5.37. The van der Waals surface area contributed by atoms with Gasteiger partial charge >= 0.3 is 0 Å². The number of allylic oxidation sites excluding steroid dienone is 4. The standard InChI is InChI=1S/C17H27ClN6O.C8H12ClFO/c1-14(2)24(21-15(13-18)17-19-6-4-7-20-17)8-5-16(25)23-11-9-22(3)10-12-23;1-4-8(11-3)7(9)5-6(2)10/h4,6-7,14H,5,8-13H2,1-3H3;5H,4H2,1-3H3/b21-15+;6-5+,8-7-. The Morgan fingerprint density at radius 3 is 2.36 bits per heavy atom. The predicted molar refractivity (Wildman–Crippen MR) is 145 cm³/mol. The van der Waals surface area contributed by atoms with Crippen molar-refractivity contribution in [3.8, 4) is 0 Å². The molecule has 0 bridgehead atoms. The fraction of sp³-hybridized carbons (Fsp3) is 0.600. The molecular formula is C25H39Cl2FN6O2. The number of likely N-dealkylation sites (N-methyl/N-ethyl adjacent to an activating group) is 1. The molecule has 0 atom stereocenters. The fourth-order valence-electron chi connectivity index (χ4n) is 3.25. The molecular weight excluding hydrogens is 506 g/mol. The highest BCUT2D eigenvalue weighted by atomic mass is 35.5. The quantitative estimate of drug-likeness (QED) is 0.140. The largest absolute Gasteiger partial charge is 0.500 e. The van der Waals surface area contributed by atoms with Gasteiger partial charge in [-0.2, -0.15) is 5.10 Å². The lowest BCUT2D eigenvalue weighted by atomic mass is 10.2. The maximum absolute atomic E-state index is 12.4. The number of rotatable bonds is 10. The number of nitrogens with zero attached hydrogens (tertiary/aromatic N) is 6. The van der Waals surface area contributed by atoms with Crippen molar-refractivity contribution in [3.63, 3.8) is 0 Å². The molecule has 1 saturated heterocycles. The van der Waals surface area contributed by atoms with Crippen LogP contribution in [0.15, 0.2) is 46.3 Å². The van der Waals surface area contributed by atoms with Crippen LogP contribution in [-0.4, -0.2) is 95.2 Å². The molecule has 1 aliphatic rings. The normalized spacial score (nSPS) is 15.8. The number of carbonyl (C=O) groups excluding carboxylic acids is 1. The van der Waals surface area contributed by atoms with Crippen molar-refractivity contribution in [2.24, 2.45) is 5.10 Å². The summed E-state index contributed by atoms with van der Waals surface area (Å²) in [5.74, 6) is 1.20. The monoisotopic (exact) mass is 544 g/mol. The van der Waals surface area contributed by atoms with Gasteiger partial charge in [-0.15, -0.1) is 11.6 Å². The van der Waals surface area contributed by atoms with Gasteiger partial charge in [0.25, 0.3) is 0 Å². The van der Waals surface area contributed by atoms with Crippen LogP contribution in [0.2, 0.25) is 0 Å². The summed E-state index contributed by atoms with van der Waals surface area (Å²) in [6.45, 7) is 11.3. The van der Waals surface area contributed by atoms with E-state index in [0.717, 1.165) is 26.2 Å². The van der Waals surface area contributed by atoms with Crippen LogP contribution in [0.4, 0.5) is 4.39 Å². The van der Waals surface area contributed by atoms with Crippen LogP contribution in [0.1, 0.15) is 46.4 Å². The van der Waals surface area contributed by atoms with E-state index in [4.69, 9.17) is 27.9 Å². The molecule has 0 spiro atoms. The number of alkyl halides is 1. The van der Waals surface area contributed by atoms with Gasteiger partial charge in [0.2, 0.25) is 5.91 Å². The first-order chi connectivity index (χ1) is 17.1. The number of hydrazone groups is 1. The SMILES string of the molecule is CC(C)N(CCC(=O)N1CCN(C)CC1)/N=C(\CCl)c1ncccn1.CC/C(OC)=C(Cl)\C=C(/C)F. The van der Waals surface area contributed by atoms with Gasteiger partial charge in [0.05, 0.1) is 23.8 Å². The molecule has 0 aliphatic carbocycles. The van der Waals surface area contributed by atoms with Crippen molar-refractivity contribution < 1.29 is 13.9 Å². The third-order valence-corrected chi connectivity index (χ3v) is 5.94. The average Bonchev–Trinajstić information content (AvgIpc) is 2.85. The van der Waals surface area contributed by atoms with Crippen molar-refractivity contribution in [1.29, 1.82) is 0 Å². The summed E-state index contributed by atoms with van der Waals surface area (Å²) in [4.78, 5) is 25.0. The molecule has 1 aromatic heterocycles. The zero-order chi connectivity index (χ0) is 27.1. The molecule has 1 amide bonds. The minimum Gasteiger partial charge on any atom is -0.500 e. The Morgan fingerprint density at radius 1 is 1.28 bits per heavy atom. The molecule has 0 N–H and O–H groups in total. The predicted octanol–water partition coefficient (Wildman–Crippen LogP) is 4.66. The van der Waals surface area contributed by atoms with E-state index in [1.807, 2.05) is 30.7 Å². The molecule has 1 aliphatic heterocycles. The van der Waals surface area contributed by atoms with Gasteiger partial charge in [0.15, 0.2) is 5.82 Å². The maximum atomic E-state index is 12.4. The lowest BCUT2D eigenvalue weighted by Gasteiger charge is -2.33. The fourth-order valence-corrected chi connectivity index (χ4v) is 3.78. The zero-order valence-electron chi connectivity index (χ0n) is 22.2. The summed E-state index contributed by atoms with van der Waals surface area (Å²) in [6.07, 6.45) is 5.68. The molecule has 2 heterocycles. The maximum Gasteiger partial charge on any atom is 0.224 e. The molecule has 11 heteroatoms. The molecule has 0 aromatic carbocycles. The Hall–Kier alpha value is -2.23. The Morgan fingerprint density at radius 2 is 1.89 bits per heavy atom. The van der Waals surface area contributed by atoms with E-state index in [0.29, 0.717) is 41.7 Å². The summed E-state index contributed by atoms with van der Waals surface area (Å²) in [6, 6.07) is 1.91. The Bertz CT molecular complexity index is 878. The molecule has 1 aromatic rings. The van der Waals surface area contributed by atoms with Crippen molar-refractivity contribution in [2.45, 2.75) is 46.6 Å². The molecule has 0 radical (unpaired) electrons. The Labute approximate surface area is 224 Å². The van der Waals surface area contributed by atoms with Crippen LogP contribution in [-0.2, 0) is 9.53 Å². The molecule has 36 heavy (non-hydrogen) atoms. The van der Waals surface area contributed by atoms with Crippen molar-refractivity contribution in [2.75, 3.05) is 52.8 Å². The number of aromatic nitrogens is 2. The number of hydrogen-bond donors (Lipinski definition) is 0. The molecule has 202 valence electrons. The summed E-state index contributed by atoms with van der Waals surface area (Å²) in [5.41, 5.74) is 0.614. The number of methoxy groups -OCH3 is 1. The number of carbonyl (C=O) groups is 1. The smallest absolute Gasteiger partial charge is 0.224 e. The van der Waals surface area contributed by atoms with E-state index in [-0.39, 0.29) is 23.7 Å². The molecule has 2 rings (SSSR count). The van der Waals surface area contributed by atoms with E-state index in [2.05, 4.69) is 27.0 Å². The van der Waals surface area contributed by atoms with E-state index in [1.54, 1.807) is 18.5 Å². The number of hydrogen-bond acceptors (Lipinski definition) is 7. The lowest BCUT2D eigenvalue weighted by molar-refractivity contribution is -0.133. The second-order valence-electron chi connectivity index (χ2n) is 8.50. The molecule has 8 nitrogen and oxygen atoms in total. The molecule has 1 fully saturated rings. The number of ether oxygens (including phenoxy) is 1. The number of amides is 1. The first-order valence-corrected chi connectivity index (χ1v) is 12.9. The van der Waals surface area contributed by atoms with E-state index >= 15 is 0 Å². The summed E-state index contributed by atoms with van der Waals surface area (Å²) in [7, 11) is 3.60. The van der Waals surface area contributed by atoms with Crippen molar-refractivity contribution in [3.05, 3.63) is 47.0 Å². The van der Waals surface area contributed by atoms with Crippen LogP contribution in [0.5, 0.6) is 0 Å². The Kier molecular flexibility index (Phi) is 15.3. The van der Waals surface area contributed by atoms with Gasteiger partial charge in [-0.05, 0) is 40.0 Å². The first kappa shape index (κ1) is 31.8. The van der Waals surface area contributed by atoms with Crippen molar-refractivity contribution >= 4 is 34.8 Å². The lowest BCUT2D eigenvalue weighted by Crippen LogP contribution is -2.47. The Balaban J connectivity index is 0.000000497. The second kappa shape index (κ2) is 17.3. The van der Waals surface area contributed by atoms with E-state index in [9.17, 15) is 9.18 Å². The zero-order valence-corrected chi connectivity index (χ0v) is 23.7. The van der Waals surface area contributed by atoms with Crippen LogP contribution in [0, 0.1) is 0 Å². The highest BCUT2D eigenvalue weighted by molar-refractivity contribution is 6.31. The van der Waals surface area contributed by atoms with E-state index < -0.39 is 0 Å². The number of halogens is 3. The minimum absolute atomic E-state index is 0.155. The minimum atomic E-state index is -0.321. The van der Waals surface area contributed by atoms with Gasteiger partial charge in [0, 0.05) is 64.0 Å². The van der Waals surface area contributed by atoms with Gasteiger partial charge < -0.3 is 14.5 Å². The van der Waals surface area contributed by atoms with Crippen LogP contribution >= 0.6 is 23.2 Å². The van der Waals surface area contributed by atoms with Gasteiger partial charge in [0.1, 0.15) is 11.5 Å². The third kappa shape index (κ3) is 11.7. The second-order valence-corrected chi connectivity index (χ2v) is 9.18. The number of piperazine rings is 1. The van der Waals surface area contributed by atoms with Crippen LogP contribution in [0.25, 0.3) is 0 Å². The van der Waals surface area contributed by atoms with Crippen LogP contribution < -0.4 is 0 Å². The van der Waals surface area contributed by atoms with E-state index in [1.165, 1.54) is 20.1 Å². The van der Waals surface area contributed by atoms with Gasteiger partial charge in [-0.25, -0.2) is 14.4 Å². The highest BCUT2D eigenvalue weighted by Crippen LogP contribution is 2.16. The van der Waals surface area contributed by atoms with Gasteiger partial charge in [-0.3, -0.25) is 9.80 Å². The van der Waals surface area contributed by atoms with Crippen LogP contribution in [0.3, 0.4) is 0 Å². The topological polar surface area (TPSA) is 74.2 Å². The first-order valence-electron chi connectivity index (χ1n) is 12.0. The molecule has 0 unspecified atom stereocenters. The summed E-state index contributed by atoms with van der Waals surface area (Å²) in [5, 5.41) is 6.83. The van der Waals surface area contributed by atoms with Gasteiger partial charge in [-0.1, -0.05) is 18.5 Å². The summed E-state index contributed by atoms with van der Waals surface area (Å²) >= 11 is 11.7. The average molecular weight is 546 g/mol. The summed E-state index contributed by atoms with van der Waals surface area (Å²) < 4.78 is 17.2.